The lowest BCUT2D eigenvalue weighted by molar-refractivity contribution is -0.154. The number of esters is 1. The van der Waals surface area contributed by atoms with Gasteiger partial charge in [-0.2, -0.15) is 0 Å². The summed E-state index contributed by atoms with van der Waals surface area (Å²) in [5.41, 5.74) is 0. The Kier molecular flexibility index (Phi) is 4.76. The molecule has 6 nitrogen and oxygen atoms in total. The number of ether oxygens (including phenoxy) is 2. The molecule has 3 atom stereocenters. The third-order valence-electron chi connectivity index (χ3n) is 3.77. The number of carbonyl (C=O) groups is 2. The van der Waals surface area contributed by atoms with Crippen LogP contribution >= 0.6 is 0 Å². The molecule has 1 aliphatic carbocycles. The van der Waals surface area contributed by atoms with Crippen molar-refractivity contribution in [3.8, 4) is 0 Å². The SMILES string of the molecule is CCOC(=O)C1CC(O)CC1C(=O)N1CCOCC1. The van der Waals surface area contributed by atoms with E-state index >= 15 is 0 Å². The quantitative estimate of drug-likeness (QED) is 0.719. The van der Waals surface area contributed by atoms with E-state index in [1.165, 1.54) is 0 Å². The summed E-state index contributed by atoms with van der Waals surface area (Å²) in [6, 6.07) is 0. The first-order valence-corrected chi connectivity index (χ1v) is 6.84. The number of rotatable bonds is 3. The zero-order valence-corrected chi connectivity index (χ0v) is 11.2. The highest BCUT2D eigenvalue weighted by Gasteiger charge is 2.44. The normalized spacial score (nSPS) is 31.3. The molecule has 0 aromatic carbocycles. The van der Waals surface area contributed by atoms with Gasteiger partial charge in [0.1, 0.15) is 0 Å². The largest absolute Gasteiger partial charge is 0.466 e. The standard InChI is InChI=1S/C13H21NO5/c1-2-19-13(17)11-8-9(15)7-10(11)12(16)14-3-5-18-6-4-14/h9-11,15H,2-8H2,1H3. The van der Waals surface area contributed by atoms with Gasteiger partial charge in [0.05, 0.1) is 37.8 Å². The second kappa shape index (κ2) is 6.34. The second-order valence-electron chi connectivity index (χ2n) is 5.03. The maximum atomic E-state index is 12.4. The van der Waals surface area contributed by atoms with E-state index in [9.17, 15) is 14.7 Å². The molecule has 2 rings (SSSR count). The van der Waals surface area contributed by atoms with Gasteiger partial charge in [-0.25, -0.2) is 0 Å². The molecule has 6 heteroatoms. The molecular weight excluding hydrogens is 250 g/mol. The van der Waals surface area contributed by atoms with Crippen molar-refractivity contribution < 1.29 is 24.2 Å². The van der Waals surface area contributed by atoms with E-state index in [2.05, 4.69) is 0 Å². The minimum absolute atomic E-state index is 0.0575. The van der Waals surface area contributed by atoms with Gasteiger partial charge in [-0.15, -0.1) is 0 Å². The number of amides is 1. The van der Waals surface area contributed by atoms with Gasteiger partial charge < -0.3 is 19.5 Å². The van der Waals surface area contributed by atoms with E-state index in [0.29, 0.717) is 45.8 Å². The molecule has 19 heavy (non-hydrogen) atoms. The fourth-order valence-corrected chi connectivity index (χ4v) is 2.81. The first kappa shape index (κ1) is 14.3. The van der Waals surface area contributed by atoms with Gasteiger partial charge in [0.2, 0.25) is 5.91 Å². The van der Waals surface area contributed by atoms with E-state index in [-0.39, 0.29) is 11.9 Å². The van der Waals surface area contributed by atoms with Crippen molar-refractivity contribution in [2.24, 2.45) is 11.8 Å². The summed E-state index contributed by atoms with van der Waals surface area (Å²) in [5.74, 6) is -1.39. The highest BCUT2D eigenvalue weighted by atomic mass is 16.5. The van der Waals surface area contributed by atoms with Crippen molar-refractivity contribution in [2.45, 2.75) is 25.9 Å². The topological polar surface area (TPSA) is 76.1 Å². The van der Waals surface area contributed by atoms with Crippen LogP contribution in [0.1, 0.15) is 19.8 Å². The van der Waals surface area contributed by atoms with Gasteiger partial charge in [0, 0.05) is 13.1 Å². The summed E-state index contributed by atoms with van der Waals surface area (Å²) in [5, 5.41) is 9.73. The van der Waals surface area contributed by atoms with Crippen LogP contribution in [0, 0.1) is 11.8 Å². The number of nitrogens with zero attached hydrogens (tertiary/aromatic N) is 1. The first-order chi connectivity index (χ1) is 9.13. The summed E-state index contributed by atoms with van der Waals surface area (Å²) in [7, 11) is 0. The van der Waals surface area contributed by atoms with Crippen molar-refractivity contribution in [3.63, 3.8) is 0 Å². The zero-order valence-electron chi connectivity index (χ0n) is 11.2. The Morgan fingerprint density at radius 1 is 1.26 bits per heavy atom. The third kappa shape index (κ3) is 3.25. The maximum absolute atomic E-state index is 12.4. The summed E-state index contributed by atoms with van der Waals surface area (Å²) < 4.78 is 10.2. The monoisotopic (exact) mass is 271 g/mol. The predicted molar refractivity (Wildman–Crippen MR) is 66.3 cm³/mol. The predicted octanol–water partition coefficient (Wildman–Crippen LogP) is -0.205. The van der Waals surface area contributed by atoms with Crippen LogP contribution in [0.2, 0.25) is 0 Å². The lowest BCUT2D eigenvalue weighted by Gasteiger charge is -2.30. The summed E-state index contributed by atoms with van der Waals surface area (Å²) in [4.78, 5) is 26.0. The molecule has 0 aromatic heterocycles. The van der Waals surface area contributed by atoms with E-state index in [0.717, 1.165) is 0 Å². The van der Waals surface area contributed by atoms with Crippen molar-refractivity contribution in [3.05, 3.63) is 0 Å². The van der Waals surface area contributed by atoms with Crippen LogP contribution < -0.4 is 0 Å². The van der Waals surface area contributed by atoms with E-state index < -0.39 is 17.9 Å². The van der Waals surface area contributed by atoms with E-state index in [4.69, 9.17) is 9.47 Å². The van der Waals surface area contributed by atoms with Gasteiger partial charge in [-0.05, 0) is 19.8 Å². The summed E-state index contributed by atoms with van der Waals surface area (Å²) >= 11 is 0. The molecule has 1 saturated heterocycles. The van der Waals surface area contributed by atoms with Crippen LogP contribution in [0.5, 0.6) is 0 Å². The highest BCUT2D eigenvalue weighted by Crippen LogP contribution is 2.34. The molecule has 1 N–H and O–H groups in total. The Labute approximate surface area is 112 Å². The number of aliphatic hydroxyl groups excluding tert-OH is 1. The molecule has 0 aromatic rings. The Balaban J connectivity index is 2.02. The fraction of sp³-hybridized carbons (Fsp3) is 0.846. The van der Waals surface area contributed by atoms with Crippen LogP contribution in [-0.4, -0.2) is 60.9 Å². The van der Waals surface area contributed by atoms with E-state index in [1.54, 1.807) is 11.8 Å². The van der Waals surface area contributed by atoms with E-state index in [1.807, 2.05) is 0 Å². The average molecular weight is 271 g/mol. The zero-order chi connectivity index (χ0) is 13.8. The number of aliphatic hydroxyl groups is 1. The number of carbonyl (C=O) groups excluding carboxylic acids is 2. The molecule has 2 fully saturated rings. The van der Waals surface area contributed by atoms with Crippen molar-refractivity contribution in [2.75, 3.05) is 32.9 Å². The molecule has 1 saturated carbocycles. The number of hydrogen-bond donors (Lipinski definition) is 1. The highest BCUT2D eigenvalue weighted by molar-refractivity contribution is 5.86. The Morgan fingerprint density at radius 2 is 1.89 bits per heavy atom. The number of hydrogen-bond acceptors (Lipinski definition) is 5. The fourth-order valence-electron chi connectivity index (χ4n) is 2.81. The Morgan fingerprint density at radius 3 is 2.53 bits per heavy atom. The molecule has 0 spiro atoms. The second-order valence-corrected chi connectivity index (χ2v) is 5.03. The molecule has 1 heterocycles. The smallest absolute Gasteiger partial charge is 0.309 e. The van der Waals surface area contributed by atoms with Crippen molar-refractivity contribution >= 4 is 11.9 Å². The van der Waals surface area contributed by atoms with Gasteiger partial charge >= 0.3 is 5.97 Å². The Hall–Kier alpha value is -1.14. The molecule has 0 radical (unpaired) electrons. The molecule has 3 unspecified atom stereocenters. The minimum atomic E-state index is -0.593. The molecule has 1 aliphatic heterocycles. The van der Waals surface area contributed by atoms with Crippen molar-refractivity contribution in [1.29, 1.82) is 0 Å². The van der Waals surface area contributed by atoms with Crippen molar-refractivity contribution in [1.82, 2.24) is 4.90 Å². The lowest BCUT2D eigenvalue weighted by atomic mass is 9.94. The van der Waals surface area contributed by atoms with Gasteiger partial charge in [-0.1, -0.05) is 0 Å². The average Bonchev–Trinajstić information content (AvgIpc) is 2.81. The molecular formula is C13H21NO5. The molecule has 0 bridgehead atoms. The summed E-state index contributed by atoms with van der Waals surface area (Å²) in [6.45, 7) is 4.21. The molecule has 1 amide bonds. The van der Waals surface area contributed by atoms with Gasteiger partial charge in [0.25, 0.3) is 0 Å². The van der Waals surface area contributed by atoms with Gasteiger partial charge in [-0.3, -0.25) is 9.59 Å². The number of morpholine rings is 1. The van der Waals surface area contributed by atoms with Crippen LogP contribution in [0.4, 0.5) is 0 Å². The molecule has 108 valence electrons. The minimum Gasteiger partial charge on any atom is -0.466 e. The van der Waals surface area contributed by atoms with Crippen LogP contribution in [0.3, 0.4) is 0 Å². The lowest BCUT2D eigenvalue weighted by Crippen LogP contribution is -2.45. The van der Waals surface area contributed by atoms with Crippen LogP contribution in [0.25, 0.3) is 0 Å². The molecule has 2 aliphatic rings. The summed E-state index contributed by atoms with van der Waals surface area (Å²) in [6.07, 6.45) is 0.0728. The Bertz CT molecular complexity index is 340. The van der Waals surface area contributed by atoms with Crippen LogP contribution in [0.15, 0.2) is 0 Å². The third-order valence-corrected chi connectivity index (χ3v) is 3.77. The maximum Gasteiger partial charge on any atom is 0.309 e. The van der Waals surface area contributed by atoms with Crippen LogP contribution in [-0.2, 0) is 19.1 Å². The first-order valence-electron chi connectivity index (χ1n) is 6.84. The van der Waals surface area contributed by atoms with Gasteiger partial charge in [0.15, 0.2) is 0 Å².